The van der Waals surface area contributed by atoms with Crippen molar-refractivity contribution in [2.75, 3.05) is 18.4 Å². The Hall–Kier alpha value is -2.51. The van der Waals surface area contributed by atoms with E-state index in [4.69, 9.17) is 4.42 Å². The number of anilines is 1. The molecule has 0 spiro atoms. The number of piperidine rings is 1. The lowest BCUT2D eigenvalue weighted by Gasteiger charge is -2.25. The molecule has 140 valence electrons. The number of nitrogens with one attached hydrogen (secondary N) is 1. The van der Waals surface area contributed by atoms with Gasteiger partial charge in [0.2, 0.25) is 0 Å². The Labute approximate surface area is 160 Å². The van der Waals surface area contributed by atoms with Gasteiger partial charge in [0.15, 0.2) is 10.9 Å². The molecule has 3 heterocycles. The third-order valence-electron chi connectivity index (χ3n) is 4.58. The standard InChI is InChI=1S/C20H20FN3O2S/c21-16-7-3-2-6-15(16)17-8-9-18(26-17)19(25)23-20-22-14(13-27-20)12-24-10-4-1-5-11-24/h2-3,6-9,13H,1,4-5,10-12H2,(H,22,23,25). The molecular weight excluding hydrogens is 365 g/mol. The van der Waals surface area contributed by atoms with Gasteiger partial charge in [-0.2, -0.15) is 0 Å². The summed E-state index contributed by atoms with van der Waals surface area (Å²) in [5.74, 6) is -0.332. The van der Waals surface area contributed by atoms with E-state index in [1.165, 1.54) is 36.7 Å². The normalized spacial score (nSPS) is 15.0. The van der Waals surface area contributed by atoms with E-state index in [1.807, 2.05) is 5.38 Å². The van der Waals surface area contributed by atoms with Gasteiger partial charge >= 0.3 is 0 Å². The predicted octanol–water partition coefficient (Wildman–Crippen LogP) is 4.78. The van der Waals surface area contributed by atoms with E-state index >= 15 is 0 Å². The highest BCUT2D eigenvalue weighted by atomic mass is 32.1. The molecule has 1 saturated heterocycles. The number of amides is 1. The molecule has 0 radical (unpaired) electrons. The molecule has 4 rings (SSSR count). The van der Waals surface area contributed by atoms with Crippen LogP contribution >= 0.6 is 11.3 Å². The Kier molecular flexibility index (Phi) is 5.31. The summed E-state index contributed by atoms with van der Waals surface area (Å²) in [4.78, 5) is 19.3. The Morgan fingerprint density at radius 1 is 1.19 bits per heavy atom. The maximum Gasteiger partial charge on any atom is 0.293 e. The maximum atomic E-state index is 13.9. The molecule has 27 heavy (non-hydrogen) atoms. The molecule has 2 aromatic heterocycles. The molecule has 3 aromatic rings. The molecular formula is C20H20FN3O2S. The SMILES string of the molecule is O=C(Nc1nc(CN2CCCCC2)cs1)c1ccc(-c2ccccc2F)o1. The van der Waals surface area contributed by atoms with Gasteiger partial charge in [-0.1, -0.05) is 18.6 Å². The monoisotopic (exact) mass is 385 g/mol. The van der Waals surface area contributed by atoms with Crippen LogP contribution in [0, 0.1) is 5.82 Å². The van der Waals surface area contributed by atoms with Gasteiger partial charge in [-0.25, -0.2) is 9.37 Å². The second kappa shape index (κ2) is 8.02. The summed E-state index contributed by atoms with van der Waals surface area (Å²) in [6.07, 6.45) is 3.76. The van der Waals surface area contributed by atoms with E-state index in [9.17, 15) is 9.18 Å². The highest BCUT2D eigenvalue weighted by molar-refractivity contribution is 7.13. The Morgan fingerprint density at radius 3 is 2.81 bits per heavy atom. The quantitative estimate of drug-likeness (QED) is 0.687. The lowest BCUT2D eigenvalue weighted by atomic mass is 10.1. The topological polar surface area (TPSA) is 58.4 Å². The highest BCUT2D eigenvalue weighted by Crippen LogP contribution is 2.26. The summed E-state index contributed by atoms with van der Waals surface area (Å²) >= 11 is 1.40. The minimum atomic E-state index is -0.392. The van der Waals surface area contributed by atoms with Crippen molar-refractivity contribution in [3.63, 3.8) is 0 Å². The number of benzene rings is 1. The van der Waals surface area contributed by atoms with Gasteiger partial charge in [-0.3, -0.25) is 15.0 Å². The number of carbonyl (C=O) groups is 1. The van der Waals surface area contributed by atoms with Crippen LogP contribution in [-0.4, -0.2) is 28.9 Å². The molecule has 0 atom stereocenters. The fourth-order valence-electron chi connectivity index (χ4n) is 3.21. The lowest BCUT2D eigenvalue weighted by molar-refractivity contribution is 0.0997. The van der Waals surface area contributed by atoms with Crippen molar-refractivity contribution >= 4 is 22.4 Å². The molecule has 1 aliphatic heterocycles. The fraction of sp³-hybridized carbons (Fsp3) is 0.300. The zero-order valence-corrected chi connectivity index (χ0v) is 15.6. The van der Waals surface area contributed by atoms with E-state index in [0.29, 0.717) is 16.5 Å². The second-order valence-corrected chi connectivity index (χ2v) is 7.44. The van der Waals surface area contributed by atoms with Gasteiger partial charge in [-0.15, -0.1) is 11.3 Å². The van der Waals surface area contributed by atoms with Gasteiger partial charge in [0, 0.05) is 11.9 Å². The molecule has 0 unspecified atom stereocenters. The number of hydrogen-bond donors (Lipinski definition) is 1. The van der Waals surface area contributed by atoms with Crippen molar-refractivity contribution < 1.29 is 13.6 Å². The average Bonchev–Trinajstić information content (AvgIpc) is 3.33. The van der Waals surface area contributed by atoms with Gasteiger partial charge in [0.1, 0.15) is 11.6 Å². The van der Waals surface area contributed by atoms with Crippen molar-refractivity contribution in [3.05, 3.63) is 59.0 Å². The van der Waals surface area contributed by atoms with Gasteiger partial charge in [0.05, 0.1) is 11.3 Å². The maximum absolute atomic E-state index is 13.9. The smallest absolute Gasteiger partial charge is 0.293 e. The largest absolute Gasteiger partial charge is 0.451 e. The van der Waals surface area contributed by atoms with Crippen LogP contribution in [0.15, 0.2) is 46.2 Å². The minimum Gasteiger partial charge on any atom is -0.451 e. The van der Waals surface area contributed by atoms with Crippen molar-refractivity contribution in [2.45, 2.75) is 25.8 Å². The van der Waals surface area contributed by atoms with Crippen LogP contribution in [0.4, 0.5) is 9.52 Å². The number of thiazole rings is 1. The van der Waals surface area contributed by atoms with Crippen LogP contribution in [0.3, 0.4) is 0 Å². The summed E-state index contributed by atoms with van der Waals surface area (Å²) < 4.78 is 19.4. The Morgan fingerprint density at radius 2 is 2.00 bits per heavy atom. The Balaban J connectivity index is 1.40. The first-order chi connectivity index (χ1) is 13.2. The minimum absolute atomic E-state index is 0.126. The number of nitrogens with zero attached hydrogens (tertiary/aromatic N) is 2. The summed E-state index contributed by atoms with van der Waals surface area (Å²) in [5.41, 5.74) is 1.29. The second-order valence-electron chi connectivity index (χ2n) is 6.58. The number of aromatic nitrogens is 1. The van der Waals surface area contributed by atoms with E-state index in [2.05, 4.69) is 15.2 Å². The Bertz CT molecular complexity index is 931. The van der Waals surface area contributed by atoms with E-state index in [0.717, 1.165) is 25.3 Å². The first kappa shape index (κ1) is 17.9. The van der Waals surface area contributed by atoms with Crippen LogP contribution in [-0.2, 0) is 6.54 Å². The number of carbonyl (C=O) groups excluding carboxylic acids is 1. The third kappa shape index (κ3) is 4.26. The molecule has 1 fully saturated rings. The summed E-state index contributed by atoms with van der Waals surface area (Å²) in [6.45, 7) is 3.01. The number of furan rings is 1. The molecule has 5 nitrogen and oxygen atoms in total. The fourth-order valence-corrected chi connectivity index (χ4v) is 3.90. The van der Waals surface area contributed by atoms with Crippen molar-refractivity contribution in [1.29, 1.82) is 0 Å². The first-order valence-corrected chi connectivity index (χ1v) is 9.90. The third-order valence-corrected chi connectivity index (χ3v) is 5.38. The van der Waals surface area contributed by atoms with Gasteiger partial charge in [0.25, 0.3) is 5.91 Å². The van der Waals surface area contributed by atoms with E-state index in [-0.39, 0.29) is 11.6 Å². The number of hydrogen-bond acceptors (Lipinski definition) is 5. The van der Waals surface area contributed by atoms with Crippen molar-refractivity contribution in [1.82, 2.24) is 9.88 Å². The molecule has 7 heteroatoms. The molecule has 1 aromatic carbocycles. The molecule has 0 aliphatic carbocycles. The zero-order chi connectivity index (χ0) is 18.6. The van der Waals surface area contributed by atoms with Crippen molar-refractivity contribution in [3.8, 4) is 11.3 Å². The van der Waals surface area contributed by atoms with Crippen LogP contribution < -0.4 is 5.32 Å². The zero-order valence-electron chi connectivity index (χ0n) is 14.8. The first-order valence-electron chi connectivity index (χ1n) is 9.02. The van der Waals surface area contributed by atoms with Crippen molar-refractivity contribution in [2.24, 2.45) is 0 Å². The van der Waals surface area contributed by atoms with Gasteiger partial charge in [-0.05, 0) is 50.2 Å². The van der Waals surface area contributed by atoms with Gasteiger partial charge < -0.3 is 4.42 Å². The molecule has 0 bridgehead atoms. The number of halogens is 1. The average molecular weight is 385 g/mol. The number of likely N-dealkylation sites (tertiary alicyclic amines) is 1. The number of rotatable bonds is 5. The summed E-state index contributed by atoms with van der Waals surface area (Å²) in [7, 11) is 0. The summed E-state index contributed by atoms with van der Waals surface area (Å²) in [6, 6.07) is 9.44. The molecule has 1 aliphatic rings. The van der Waals surface area contributed by atoms with Crippen LogP contribution in [0.2, 0.25) is 0 Å². The molecule has 1 N–H and O–H groups in total. The van der Waals surface area contributed by atoms with Crippen LogP contribution in [0.5, 0.6) is 0 Å². The van der Waals surface area contributed by atoms with E-state index in [1.54, 1.807) is 30.3 Å². The van der Waals surface area contributed by atoms with Crippen LogP contribution in [0.25, 0.3) is 11.3 Å². The lowest BCUT2D eigenvalue weighted by Crippen LogP contribution is -2.29. The predicted molar refractivity (Wildman–Crippen MR) is 103 cm³/mol. The highest BCUT2D eigenvalue weighted by Gasteiger charge is 2.17. The van der Waals surface area contributed by atoms with Crippen LogP contribution in [0.1, 0.15) is 35.5 Å². The van der Waals surface area contributed by atoms with E-state index < -0.39 is 5.91 Å². The molecule has 1 amide bonds. The summed E-state index contributed by atoms with van der Waals surface area (Å²) in [5, 5.41) is 5.26. The molecule has 0 saturated carbocycles.